The smallest absolute Gasteiger partial charge is 0.251 e. The molecule has 0 bridgehead atoms. The lowest BCUT2D eigenvalue weighted by atomic mass is 10.2. The molecule has 16 heavy (non-hydrogen) atoms. The Kier molecular flexibility index (Phi) is 3.28. The third-order valence-electron chi connectivity index (χ3n) is 2.66. The first-order chi connectivity index (χ1) is 7.59. The second-order valence-electron chi connectivity index (χ2n) is 3.69. The van der Waals surface area contributed by atoms with Crippen LogP contribution < -0.4 is 4.90 Å². The summed E-state index contributed by atoms with van der Waals surface area (Å²) in [6, 6.07) is 0.674. The van der Waals surface area contributed by atoms with Gasteiger partial charge >= 0.3 is 0 Å². The Morgan fingerprint density at radius 1 is 1.38 bits per heavy atom. The number of hydrogen-bond donors (Lipinski definition) is 0. The Hall–Kier alpha value is -0.910. The molecule has 0 N–H and O–H groups in total. The molecule has 88 valence electrons. The molecule has 2 rings (SSSR count). The molecule has 1 aliphatic rings. The summed E-state index contributed by atoms with van der Waals surface area (Å²) in [5, 5.41) is 0. The van der Waals surface area contributed by atoms with E-state index in [1.165, 1.54) is 0 Å². The van der Waals surface area contributed by atoms with E-state index in [-0.39, 0.29) is 11.9 Å². The summed E-state index contributed by atoms with van der Waals surface area (Å²) in [7, 11) is 1.65. The van der Waals surface area contributed by atoms with Crippen LogP contribution in [0.4, 0.5) is 19.0 Å². The number of aromatic nitrogens is 1. The fourth-order valence-electron chi connectivity index (χ4n) is 1.68. The zero-order chi connectivity index (χ0) is 11.7. The van der Waals surface area contributed by atoms with E-state index in [2.05, 4.69) is 4.98 Å². The Balaban J connectivity index is 2.28. The Morgan fingerprint density at radius 2 is 2.12 bits per heavy atom. The van der Waals surface area contributed by atoms with Gasteiger partial charge < -0.3 is 4.90 Å². The summed E-state index contributed by atoms with van der Waals surface area (Å²) in [4.78, 5) is 4.90. The van der Waals surface area contributed by atoms with Crippen LogP contribution in [0.5, 0.6) is 0 Å². The summed E-state index contributed by atoms with van der Waals surface area (Å²) >= 11 is 1.76. The van der Waals surface area contributed by atoms with Crippen LogP contribution in [0.1, 0.15) is 6.42 Å². The summed E-state index contributed by atoms with van der Waals surface area (Å²) in [6.07, 6.45) is 0.904. The van der Waals surface area contributed by atoms with Crippen molar-refractivity contribution in [2.75, 3.05) is 23.5 Å². The van der Waals surface area contributed by atoms with Gasteiger partial charge in [-0.2, -0.15) is 21.1 Å². The van der Waals surface area contributed by atoms with Gasteiger partial charge in [-0.25, -0.2) is 8.78 Å². The first-order valence-electron chi connectivity index (χ1n) is 4.91. The lowest BCUT2D eigenvalue weighted by Crippen LogP contribution is -2.33. The molecule has 1 aliphatic heterocycles. The molecule has 1 fully saturated rings. The van der Waals surface area contributed by atoms with Crippen LogP contribution in [0.2, 0.25) is 0 Å². The molecular formula is C10H11F3N2S. The molecule has 0 spiro atoms. The summed E-state index contributed by atoms with van der Waals surface area (Å²) < 4.78 is 39.0. The lowest BCUT2D eigenvalue weighted by Gasteiger charge is -2.25. The van der Waals surface area contributed by atoms with Crippen molar-refractivity contribution in [2.45, 2.75) is 12.5 Å². The number of halogens is 3. The number of nitrogens with zero attached hydrogens (tertiary/aromatic N) is 2. The number of pyridine rings is 1. The van der Waals surface area contributed by atoms with E-state index in [9.17, 15) is 13.2 Å². The van der Waals surface area contributed by atoms with Crippen LogP contribution in [0.3, 0.4) is 0 Å². The van der Waals surface area contributed by atoms with E-state index < -0.39 is 17.6 Å². The van der Waals surface area contributed by atoms with Crippen molar-refractivity contribution in [1.29, 1.82) is 0 Å². The molecule has 0 amide bonds. The van der Waals surface area contributed by atoms with Gasteiger partial charge in [0.1, 0.15) is 0 Å². The largest absolute Gasteiger partial charge is 0.353 e. The van der Waals surface area contributed by atoms with E-state index in [0.29, 0.717) is 6.07 Å². The molecule has 1 aromatic heterocycles. The van der Waals surface area contributed by atoms with Gasteiger partial charge in [0.05, 0.1) is 0 Å². The number of anilines is 1. The van der Waals surface area contributed by atoms with Gasteiger partial charge in [0.25, 0.3) is 5.95 Å². The molecule has 0 aromatic carbocycles. The minimum absolute atomic E-state index is 0.119. The summed E-state index contributed by atoms with van der Waals surface area (Å²) in [6.45, 7) is 0. The first kappa shape index (κ1) is 11.6. The van der Waals surface area contributed by atoms with Gasteiger partial charge in [0.2, 0.25) is 0 Å². The highest BCUT2D eigenvalue weighted by Crippen LogP contribution is 2.26. The maximum atomic E-state index is 13.4. The normalized spacial score (nSPS) is 20.1. The maximum absolute atomic E-state index is 13.4. The molecular weight excluding hydrogens is 237 g/mol. The minimum Gasteiger partial charge on any atom is -0.353 e. The third kappa shape index (κ3) is 2.11. The fraction of sp³-hybridized carbons (Fsp3) is 0.500. The van der Waals surface area contributed by atoms with Crippen LogP contribution in [0.25, 0.3) is 0 Å². The zero-order valence-electron chi connectivity index (χ0n) is 8.71. The van der Waals surface area contributed by atoms with Crippen LogP contribution in [-0.4, -0.2) is 29.6 Å². The molecule has 0 aliphatic carbocycles. The minimum atomic E-state index is -1.26. The fourth-order valence-corrected chi connectivity index (χ4v) is 2.95. The Labute approximate surface area is 95.8 Å². The van der Waals surface area contributed by atoms with Gasteiger partial charge in [-0.15, -0.1) is 0 Å². The molecule has 1 aromatic rings. The number of hydrogen-bond acceptors (Lipinski definition) is 3. The van der Waals surface area contributed by atoms with E-state index in [1.54, 1.807) is 23.7 Å². The molecule has 1 unspecified atom stereocenters. The molecule has 6 heteroatoms. The predicted octanol–water partition coefficient (Wildman–Crippen LogP) is 2.44. The van der Waals surface area contributed by atoms with Crippen molar-refractivity contribution in [3.05, 3.63) is 23.6 Å². The molecule has 2 heterocycles. The van der Waals surface area contributed by atoms with Gasteiger partial charge in [0.15, 0.2) is 17.5 Å². The van der Waals surface area contributed by atoms with Gasteiger partial charge in [-0.1, -0.05) is 0 Å². The Morgan fingerprint density at radius 3 is 2.75 bits per heavy atom. The quantitative estimate of drug-likeness (QED) is 0.748. The zero-order valence-corrected chi connectivity index (χ0v) is 9.53. The van der Waals surface area contributed by atoms with Crippen molar-refractivity contribution < 1.29 is 13.2 Å². The number of rotatable bonds is 2. The highest BCUT2D eigenvalue weighted by atomic mass is 32.2. The predicted molar refractivity (Wildman–Crippen MR) is 58.2 cm³/mol. The monoisotopic (exact) mass is 248 g/mol. The SMILES string of the molecule is CN(c1nc(F)c(F)cc1F)C1CCSC1. The molecule has 0 radical (unpaired) electrons. The van der Waals surface area contributed by atoms with Crippen LogP contribution >= 0.6 is 11.8 Å². The maximum Gasteiger partial charge on any atom is 0.251 e. The second kappa shape index (κ2) is 4.53. The van der Waals surface area contributed by atoms with E-state index >= 15 is 0 Å². The lowest BCUT2D eigenvalue weighted by molar-refractivity contribution is 0.461. The molecule has 1 atom stereocenters. The van der Waals surface area contributed by atoms with Crippen molar-refractivity contribution in [3.63, 3.8) is 0 Å². The summed E-state index contributed by atoms with van der Waals surface area (Å²) in [5.74, 6) is -1.59. The van der Waals surface area contributed by atoms with Crippen molar-refractivity contribution >= 4 is 17.6 Å². The first-order valence-corrected chi connectivity index (χ1v) is 6.07. The van der Waals surface area contributed by atoms with E-state index in [4.69, 9.17) is 0 Å². The van der Waals surface area contributed by atoms with Crippen molar-refractivity contribution in [3.8, 4) is 0 Å². The Bertz CT molecular complexity index is 394. The van der Waals surface area contributed by atoms with Crippen LogP contribution in [0, 0.1) is 17.6 Å². The highest BCUT2D eigenvalue weighted by Gasteiger charge is 2.24. The number of thioether (sulfide) groups is 1. The van der Waals surface area contributed by atoms with E-state index in [0.717, 1.165) is 17.9 Å². The van der Waals surface area contributed by atoms with Crippen molar-refractivity contribution in [2.24, 2.45) is 0 Å². The molecule has 0 saturated carbocycles. The second-order valence-corrected chi connectivity index (χ2v) is 4.84. The average Bonchev–Trinajstić information content (AvgIpc) is 2.75. The van der Waals surface area contributed by atoms with E-state index in [1.807, 2.05) is 0 Å². The van der Waals surface area contributed by atoms with Crippen LogP contribution in [-0.2, 0) is 0 Å². The van der Waals surface area contributed by atoms with Crippen molar-refractivity contribution in [1.82, 2.24) is 4.98 Å². The highest BCUT2D eigenvalue weighted by molar-refractivity contribution is 7.99. The summed E-state index contributed by atoms with van der Waals surface area (Å²) in [5.41, 5.74) is 0. The third-order valence-corrected chi connectivity index (χ3v) is 3.80. The van der Waals surface area contributed by atoms with Crippen LogP contribution in [0.15, 0.2) is 6.07 Å². The topological polar surface area (TPSA) is 16.1 Å². The molecule has 1 saturated heterocycles. The van der Waals surface area contributed by atoms with Gasteiger partial charge in [0, 0.05) is 24.9 Å². The van der Waals surface area contributed by atoms with Gasteiger partial charge in [-0.3, -0.25) is 0 Å². The van der Waals surface area contributed by atoms with Gasteiger partial charge in [-0.05, 0) is 12.2 Å². The average molecular weight is 248 g/mol. The molecule has 2 nitrogen and oxygen atoms in total. The standard InChI is InChI=1S/C10H11F3N2S/c1-15(6-2-3-16-5-6)10-8(12)4-7(11)9(13)14-10/h4,6H,2-3,5H2,1H3.